The van der Waals surface area contributed by atoms with Crippen molar-refractivity contribution in [1.82, 2.24) is 14.3 Å². The van der Waals surface area contributed by atoms with Gasteiger partial charge in [-0.3, -0.25) is 0 Å². The number of aryl methyl sites for hydroxylation is 2. The summed E-state index contributed by atoms with van der Waals surface area (Å²) in [5.74, 6) is 0.718. The molecule has 5 nitrogen and oxygen atoms in total. The Kier molecular flexibility index (Phi) is 5.18. The molecule has 1 aliphatic heterocycles. The van der Waals surface area contributed by atoms with Crippen LogP contribution in [0.2, 0.25) is 0 Å². The number of aromatic amines is 1. The Morgan fingerprint density at radius 3 is 3.00 bits per heavy atom. The first-order chi connectivity index (χ1) is 11.1. The number of hydrogen-bond donors (Lipinski definition) is 1. The van der Waals surface area contributed by atoms with Gasteiger partial charge in [0.15, 0.2) is 5.03 Å². The fraction of sp³-hybridized carbons (Fsp3) is 0.562. The summed E-state index contributed by atoms with van der Waals surface area (Å²) in [7, 11) is -3.47. The number of piperidine rings is 1. The lowest BCUT2D eigenvalue weighted by Gasteiger charge is -2.34. The molecule has 3 rings (SSSR count). The first-order valence-corrected chi connectivity index (χ1v) is 10.5. The maximum Gasteiger partial charge on any atom is 0.260 e. The van der Waals surface area contributed by atoms with Crippen molar-refractivity contribution in [2.45, 2.75) is 56.5 Å². The van der Waals surface area contributed by atoms with E-state index in [-0.39, 0.29) is 11.1 Å². The van der Waals surface area contributed by atoms with Gasteiger partial charge in [-0.2, -0.15) is 4.31 Å². The summed E-state index contributed by atoms with van der Waals surface area (Å²) in [5.41, 5.74) is 0. The van der Waals surface area contributed by atoms with Gasteiger partial charge < -0.3 is 4.98 Å². The molecule has 1 unspecified atom stereocenters. The second-order valence-corrected chi connectivity index (χ2v) is 8.82. The lowest BCUT2D eigenvalue weighted by atomic mass is 10.0. The second-order valence-electron chi connectivity index (χ2n) is 5.93. The zero-order chi connectivity index (χ0) is 16.3. The molecule has 126 valence electrons. The Bertz CT molecular complexity index is 722. The van der Waals surface area contributed by atoms with Gasteiger partial charge in [-0.15, -0.1) is 11.3 Å². The van der Waals surface area contributed by atoms with Crippen LogP contribution in [-0.4, -0.2) is 35.3 Å². The minimum Gasteiger partial charge on any atom is -0.332 e. The second kappa shape index (κ2) is 7.15. The molecular weight excluding hydrogens is 330 g/mol. The van der Waals surface area contributed by atoms with Crippen molar-refractivity contribution >= 4 is 21.4 Å². The average Bonchev–Trinajstić information content (AvgIpc) is 3.24. The smallest absolute Gasteiger partial charge is 0.260 e. The first-order valence-electron chi connectivity index (χ1n) is 8.19. The molecule has 0 aliphatic carbocycles. The monoisotopic (exact) mass is 353 g/mol. The van der Waals surface area contributed by atoms with Crippen molar-refractivity contribution < 1.29 is 8.42 Å². The third-order valence-corrected chi connectivity index (χ3v) is 7.20. The summed E-state index contributed by atoms with van der Waals surface area (Å²) in [6.45, 7) is 2.57. The molecule has 23 heavy (non-hydrogen) atoms. The van der Waals surface area contributed by atoms with Crippen LogP contribution in [0.1, 0.15) is 43.3 Å². The molecule has 0 bridgehead atoms. The van der Waals surface area contributed by atoms with Crippen LogP contribution < -0.4 is 0 Å². The average molecular weight is 354 g/mol. The third kappa shape index (κ3) is 3.67. The van der Waals surface area contributed by atoms with Crippen LogP contribution in [0.4, 0.5) is 0 Å². The van der Waals surface area contributed by atoms with Crippen molar-refractivity contribution in [1.29, 1.82) is 0 Å². The molecule has 2 aromatic heterocycles. The number of H-pyrrole nitrogens is 1. The van der Waals surface area contributed by atoms with Crippen LogP contribution in [0.15, 0.2) is 28.7 Å². The van der Waals surface area contributed by atoms with Gasteiger partial charge in [0.1, 0.15) is 5.82 Å². The Morgan fingerprint density at radius 2 is 2.30 bits per heavy atom. The van der Waals surface area contributed by atoms with Crippen molar-refractivity contribution in [3.63, 3.8) is 0 Å². The molecule has 1 saturated heterocycles. The summed E-state index contributed by atoms with van der Waals surface area (Å²) in [6.07, 6.45) is 6.97. The van der Waals surface area contributed by atoms with E-state index in [1.165, 1.54) is 11.1 Å². The predicted octanol–water partition coefficient (Wildman–Crippen LogP) is 3.21. The molecule has 3 heterocycles. The van der Waals surface area contributed by atoms with Crippen LogP contribution in [0, 0.1) is 0 Å². The molecule has 0 amide bonds. The number of thiophene rings is 1. The predicted molar refractivity (Wildman–Crippen MR) is 92.1 cm³/mol. The molecule has 0 radical (unpaired) electrons. The highest BCUT2D eigenvalue weighted by atomic mass is 32.2. The summed E-state index contributed by atoms with van der Waals surface area (Å²) < 4.78 is 27.6. The fourth-order valence-electron chi connectivity index (χ4n) is 3.12. The van der Waals surface area contributed by atoms with Crippen molar-refractivity contribution in [2.24, 2.45) is 0 Å². The van der Waals surface area contributed by atoms with Gasteiger partial charge in [0.2, 0.25) is 0 Å². The van der Waals surface area contributed by atoms with Gasteiger partial charge in [0, 0.05) is 23.9 Å². The van der Waals surface area contributed by atoms with E-state index >= 15 is 0 Å². The number of nitrogens with zero attached hydrogens (tertiary/aromatic N) is 2. The molecule has 0 saturated carbocycles. The Labute approximate surface area is 141 Å². The number of imidazole rings is 1. The van der Waals surface area contributed by atoms with Crippen LogP contribution in [0.5, 0.6) is 0 Å². The SMILES string of the molecule is CCc1ncc(S(=O)(=O)N2CCCCC2CCc2cccs2)[nH]1. The molecular formula is C16H23N3O2S2. The van der Waals surface area contributed by atoms with Gasteiger partial charge in [-0.1, -0.05) is 19.4 Å². The quantitative estimate of drug-likeness (QED) is 0.867. The zero-order valence-corrected chi connectivity index (χ0v) is 15.0. The maximum absolute atomic E-state index is 12.9. The third-order valence-electron chi connectivity index (χ3n) is 4.40. The van der Waals surface area contributed by atoms with E-state index < -0.39 is 10.0 Å². The molecule has 1 atom stereocenters. The van der Waals surface area contributed by atoms with Gasteiger partial charge in [0.25, 0.3) is 10.0 Å². The lowest BCUT2D eigenvalue weighted by molar-refractivity contribution is 0.240. The minimum absolute atomic E-state index is 0.0872. The molecule has 0 spiro atoms. The van der Waals surface area contributed by atoms with Crippen LogP contribution in [-0.2, 0) is 22.9 Å². The highest BCUT2D eigenvalue weighted by Crippen LogP contribution is 2.28. The van der Waals surface area contributed by atoms with Gasteiger partial charge in [0.05, 0.1) is 6.20 Å². The zero-order valence-electron chi connectivity index (χ0n) is 13.4. The van der Waals surface area contributed by atoms with Gasteiger partial charge in [-0.25, -0.2) is 13.4 Å². The van der Waals surface area contributed by atoms with Crippen molar-refractivity contribution in [3.05, 3.63) is 34.4 Å². The van der Waals surface area contributed by atoms with E-state index in [0.29, 0.717) is 13.0 Å². The molecule has 2 aromatic rings. The first kappa shape index (κ1) is 16.7. The van der Waals surface area contributed by atoms with E-state index in [1.54, 1.807) is 15.6 Å². The van der Waals surface area contributed by atoms with E-state index in [4.69, 9.17) is 0 Å². The van der Waals surface area contributed by atoms with Gasteiger partial charge in [-0.05, 0) is 37.1 Å². The summed E-state index contributed by atoms with van der Waals surface area (Å²) >= 11 is 1.74. The van der Waals surface area contributed by atoms with Crippen molar-refractivity contribution in [3.8, 4) is 0 Å². The Hall–Kier alpha value is -1.18. The molecule has 1 N–H and O–H groups in total. The van der Waals surface area contributed by atoms with Crippen molar-refractivity contribution in [2.75, 3.05) is 6.54 Å². The van der Waals surface area contributed by atoms with Gasteiger partial charge >= 0.3 is 0 Å². The molecule has 0 aromatic carbocycles. The summed E-state index contributed by atoms with van der Waals surface area (Å²) in [6, 6.07) is 4.25. The maximum atomic E-state index is 12.9. The van der Waals surface area contributed by atoms with E-state index in [2.05, 4.69) is 21.4 Å². The topological polar surface area (TPSA) is 66.1 Å². The number of hydrogen-bond acceptors (Lipinski definition) is 4. The van der Waals surface area contributed by atoms with Crippen LogP contribution in [0.25, 0.3) is 0 Å². The number of nitrogens with one attached hydrogen (secondary N) is 1. The summed E-state index contributed by atoms with van der Waals surface area (Å²) in [4.78, 5) is 8.42. The summed E-state index contributed by atoms with van der Waals surface area (Å²) in [5, 5.41) is 2.30. The normalized spacial score (nSPS) is 20.0. The van der Waals surface area contributed by atoms with E-state index in [0.717, 1.165) is 37.9 Å². The van der Waals surface area contributed by atoms with Crippen LogP contribution >= 0.6 is 11.3 Å². The largest absolute Gasteiger partial charge is 0.332 e. The van der Waals surface area contributed by atoms with E-state index in [1.807, 2.05) is 13.0 Å². The van der Waals surface area contributed by atoms with Crippen LogP contribution in [0.3, 0.4) is 0 Å². The molecule has 1 fully saturated rings. The number of aromatic nitrogens is 2. The highest BCUT2D eigenvalue weighted by Gasteiger charge is 2.34. The Balaban J connectivity index is 1.76. The molecule has 1 aliphatic rings. The lowest BCUT2D eigenvalue weighted by Crippen LogP contribution is -2.44. The minimum atomic E-state index is -3.47. The molecule has 7 heteroatoms. The number of rotatable bonds is 6. The highest BCUT2D eigenvalue weighted by molar-refractivity contribution is 7.89. The number of sulfonamides is 1. The van der Waals surface area contributed by atoms with E-state index in [9.17, 15) is 8.42 Å². The fourth-order valence-corrected chi connectivity index (χ4v) is 5.51. The Morgan fingerprint density at radius 1 is 1.43 bits per heavy atom. The standard InChI is InChI=1S/C16H23N3O2S2/c1-2-15-17-12-16(18-15)23(20,21)19-10-4-3-6-13(19)8-9-14-7-5-11-22-14/h5,7,11-13H,2-4,6,8-10H2,1H3,(H,17,18).